The number of methoxy groups -OCH3 is 1. The average molecular weight is 290 g/mol. The SMILES string of the molecule is COc1cccc(CNCc2cnc(C(C)(C)C)s2)c1. The summed E-state index contributed by atoms with van der Waals surface area (Å²) in [4.78, 5) is 5.77. The minimum Gasteiger partial charge on any atom is -0.497 e. The van der Waals surface area contributed by atoms with Gasteiger partial charge in [-0.2, -0.15) is 0 Å². The van der Waals surface area contributed by atoms with Crippen molar-refractivity contribution in [1.29, 1.82) is 0 Å². The molecular weight excluding hydrogens is 268 g/mol. The molecule has 0 saturated heterocycles. The van der Waals surface area contributed by atoms with E-state index in [2.05, 4.69) is 43.2 Å². The highest BCUT2D eigenvalue weighted by molar-refractivity contribution is 7.11. The van der Waals surface area contributed by atoms with E-state index in [9.17, 15) is 0 Å². The first kappa shape index (κ1) is 15.0. The Balaban J connectivity index is 1.88. The Morgan fingerprint density at radius 2 is 2.05 bits per heavy atom. The van der Waals surface area contributed by atoms with Gasteiger partial charge in [-0.1, -0.05) is 32.9 Å². The molecule has 0 spiro atoms. The molecule has 0 atom stereocenters. The van der Waals surface area contributed by atoms with Gasteiger partial charge in [0.15, 0.2) is 0 Å². The number of nitrogens with one attached hydrogen (secondary N) is 1. The van der Waals surface area contributed by atoms with Crippen LogP contribution in [-0.2, 0) is 18.5 Å². The zero-order chi connectivity index (χ0) is 14.6. The molecule has 1 aromatic carbocycles. The van der Waals surface area contributed by atoms with Crippen molar-refractivity contribution >= 4 is 11.3 Å². The fraction of sp³-hybridized carbons (Fsp3) is 0.438. The topological polar surface area (TPSA) is 34.1 Å². The number of nitrogens with zero attached hydrogens (tertiary/aromatic N) is 1. The van der Waals surface area contributed by atoms with Crippen LogP contribution in [0.25, 0.3) is 0 Å². The maximum Gasteiger partial charge on any atom is 0.119 e. The summed E-state index contributed by atoms with van der Waals surface area (Å²) in [6.07, 6.45) is 1.98. The quantitative estimate of drug-likeness (QED) is 0.911. The number of benzene rings is 1. The fourth-order valence-electron chi connectivity index (χ4n) is 1.85. The molecule has 20 heavy (non-hydrogen) atoms. The number of aromatic nitrogens is 1. The van der Waals surface area contributed by atoms with E-state index >= 15 is 0 Å². The zero-order valence-electron chi connectivity index (χ0n) is 12.6. The summed E-state index contributed by atoms with van der Waals surface area (Å²) in [6.45, 7) is 8.27. The van der Waals surface area contributed by atoms with Crippen molar-refractivity contribution in [2.75, 3.05) is 7.11 Å². The molecule has 0 aliphatic heterocycles. The van der Waals surface area contributed by atoms with Gasteiger partial charge in [-0.05, 0) is 17.7 Å². The van der Waals surface area contributed by atoms with Crippen molar-refractivity contribution in [3.63, 3.8) is 0 Å². The number of hydrogen-bond donors (Lipinski definition) is 1. The second-order valence-corrected chi connectivity index (χ2v) is 6.95. The Bertz CT molecular complexity index is 558. The third-order valence-corrected chi connectivity index (χ3v) is 4.38. The van der Waals surface area contributed by atoms with Crippen molar-refractivity contribution in [3.8, 4) is 5.75 Å². The molecule has 0 saturated carbocycles. The monoisotopic (exact) mass is 290 g/mol. The van der Waals surface area contributed by atoms with Crippen LogP contribution in [0.5, 0.6) is 5.75 Å². The molecule has 0 aliphatic carbocycles. The van der Waals surface area contributed by atoms with Crippen LogP contribution in [0, 0.1) is 0 Å². The lowest BCUT2D eigenvalue weighted by molar-refractivity contribution is 0.414. The van der Waals surface area contributed by atoms with Gasteiger partial charge in [0, 0.05) is 29.6 Å². The third kappa shape index (κ3) is 4.05. The minimum absolute atomic E-state index is 0.135. The van der Waals surface area contributed by atoms with E-state index < -0.39 is 0 Å². The molecule has 108 valence electrons. The van der Waals surface area contributed by atoms with Crippen molar-refractivity contribution < 1.29 is 4.74 Å². The summed E-state index contributed by atoms with van der Waals surface area (Å²) >= 11 is 1.78. The molecule has 4 heteroatoms. The molecule has 2 aromatic rings. The first-order valence-electron chi connectivity index (χ1n) is 6.78. The van der Waals surface area contributed by atoms with Gasteiger partial charge in [-0.3, -0.25) is 0 Å². The van der Waals surface area contributed by atoms with Crippen molar-refractivity contribution in [2.45, 2.75) is 39.3 Å². The average Bonchev–Trinajstić information content (AvgIpc) is 2.88. The first-order valence-corrected chi connectivity index (χ1v) is 7.59. The van der Waals surface area contributed by atoms with Crippen LogP contribution in [0.1, 0.15) is 36.2 Å². The van der Waals surface area contributed by atoms with Gasteiger partial charge in [0.25, 0.3) is 0 Å². The standard InChI is InChI=1S/C16H22N2OS/c1-16(2,3)15-18-11-14(20-15)10-17-9-12-6-5-7-13(8-12)19-4/h5-8,11,17H,9-10H2,1-4H3. The van der Waals surface area contributed by atoms with E-state index in [1.54, 1.807) is 18.4 Å². The molecule has 0 bridgehead atoms. The highest BCUT2D eigenvalue weighted by atomic mass is 32.1. The number of ether oxygens (including phenoxy) is 1. The summed E-state index contributed by atoms with van der Waals surface area (Å²) in [7, 11) is 1.69. The summed E-state index contributed by atoms with van der Waals surface area (Å²) in [5, 5.41) is 4.64. The van der Waals surface area contributed by atoms with E-state index in [0.29, 0.717) is 0 Å². The summed E-state index contributed by atoms with van der Waals surface area (Å²) in [5.41, 5.74) is 1.36. The van der Waals surface area contributed by atoms with E-state index in [0.717, 1.165) is 18.8 Å². The molecule has 2 rings (SSSR count). The second kappa shape index (κ2) is 6.37. The normalized spacial score (nSPS) is 11.6. The lowest BCUT2D eigenvalue weighted by Gasteiger charge is -2.13. The molecule has 0 unspecified atom stereocenters. The highest BCUT2D eigenvalue weighted by Crippen LogP contribution is 2.26. The van der Waals surface area contributed by atoms with Crippen LogP contribution < -0.4 is 10.1 Å². The zero-order valence-corrected chi connectivity index (χ0v) is 13.4. The van der Waals surface area contributed by atoms with E-state index in [1.807, 2.05) is 18.3 Å². The van der Waals surface area contributed by atoms with Crippen LogP contribution >= 0.6 is 11.3 Å². The Hall–Kier alpha value is -1.39. The van der Waals surface area contributed by atoms with Gasteiger partial charge in [0.2, 0.25) is 0 Å². The lowest BCUT2D eigenvalue weighted by atomic mass is 9.98. The summed E-state index contributed by atoms with van der Waals surface area (Å²) in [6, 6.07) is 8.13. The van der Waals surface area contributed by atoms with Crippen molar-refractivity contribution in [1.82, 2.24) is 10.3 Å². The van der Waals surface area contributed by atoms with Crippen molar-refractivity contribution in [2.24, 2.45) is 0 Å². The van der Waals surface area contributed by atoms with Crippen LogP contribution in [-0.4, -0.2) is 12.1 Å². The Morgan fingerprint density at radius 3 is 2.70 bits per heavy atom. The molecule has 0 aliphatic rings. The fourth-order valence-corrected chi connectivity index (χ4v) is 2.79. The van der Waals surface area contributed by atoms with Crippen LogP contribution in [0.2, 0.25) is 0 Å². The number of thiazole rings is 1. The van der Waals surface area contributed by atoms with E-state index in [4.69, 9.17) is 4.74 Å². The molecule has 1 aromatic heterocycles. The molecule has 0 radical (unpaired) electrons. The van der Waals surface area contributed by atoms with Gasteiger partial charge >= 0.3 is 0 Å². The van der Waals surface area contributed by atoms with Crippen LogP contribution in [0.15, 0.2) is 30.5 Å². The van der Waals surface area contributed by atoms with Gasteiger partial charge in [-0.25, -0.2) is 4.98 Å². The number of rotatable bonds is 5. The number of hydrogen-bond acceptors (Lipinski definition) is 4. The van der Waals surface area contributed by atoms with Gasteiger partial charge in [0.05, 0.1) is 12.1 Å². The van der Waals surface area contributed by atoms with E-state index in [1.165, 1.54) is 15.4 Å². The minimum atomic E-state index is 0.135. The molecule has 0 amide bonds. The van der Waals surface area contributed by atoms with E-state index in [-0.39, 0.29) is 5.41 Å². The highest BCUT2D eigenvalue weighted by Gasteiger charge is 2.17. The smallest absolute Gasteiger partial charge is 0.119 e. The summed E-state index contributed by atoms with van der Waals surface area (Å²) in [5.74, 6) is 0.900. The van der Waals surface area contributed by atoms with Gasteiger partial charge < -0.3 is 10.1 Å². The second-order valence-electron chi connectivity index (χ2n) is 5.84. The predicted molar refractivity (Wildman–Crippen MR) is 84.4 cm³/mol. The van der Waals surface area contributed by atoms with Crippen LogP contribution in [0.3, 0.4) is 0 Å². The van der Waals surface area contributed by atoms with Gasteiger partial charge in [-0.15, -0.1) is 11.3 Å². The summed E-state index contributed by atoms with van der Waals surface area (Å²) < 4.78 is 5.22. The van der Waals surface area contributed by atoms with Crippen LogP contribution in [0.4, 0.5) is 0 Å². The predicted octanol–water partition coefficient (Wildman–Crippen LogP) is 3.74. The maximum atomic E-state index is 5.22. The van der Waals surface area contributed by atoms with Crippen molar-refractivity contribution in [3.05, 3.63) is 45.9 Å². The third-order valence-electron chi connectivity index (χ3n) is 2.96. The Labute approximate surface area is 125 Å². The largest absolute Gasteiger partial charge is 0.497 e. The van der Waals surface area contributed by atoms with Gasteiger partial charge in [0.1, 0.15) is 5.75 Å². The molecule has 1 N–H and O–H groups in total. The maximum absolute atomic E-state index is 5.22. The molecule has 1 heterocycles. The molecule has 0 fully saturated rings. The lowest BCUT2D eigenvalue weighted by Crippen LogP contribution is -2.12. The molecule has 3 nitrogen and oxygen atoms in total. The Kier molecular flexibility index (Phi) is 4.78. The Morgan fingerprint density at radius 1 is 1.25 bits per heavy atom. The first-order chi connectivity index (χ1) is 9.49. The molecular formula is C16H22N2OS.